The van der Waals surface area contributed by atoms with Gasteiger partial charge in [-0.1, -0.05) is 0 Å². The molecule has 2 aliphatic rings. The van der Waals surface area contributed by atoms with Gasteiger partial charge in [0, 0.05) is 13.2 Å². The van der Waals surface area contributed by atoms with Gasteiger partial charge in [-0.25, -0.2) is 0 Å². The van der Waals surface area contributed by atoms with E-state index in [9.17, 15) is 22.8 Å². The van der Waals surface area contributed by atoms with Crippen LogP contribution in [-0.4, -0.2) is 67.9 Å². The van der Waals surface area contributed by atoms with E-state index in [1.807, 2.05) is 5.32 Å². The molecule has 0 aliphatic carbocycles. The standard InChI is InChI=1S/C14H21F3N2O4/c15-14(16,17)9-18-13(21)11-4-1-5-19(11)12(20)8-22-7-10-3-2-6-23-10/h10-11H,1-9H2,(H,18,21). The summed E-state index contributed by atoms with van der Waals surface area (Å²) >= 11 is 0. The molecular formula is C14H21F3N2O4. The molecule has 0 radical (unpaired) electrons. The van der Waals surface area contributed by atoms with Gasteiger partial charge in [0.1, 0.15) is 19.2 Å². The molecule has 2 amide bonds. The van der Waals surface area contributed by atoms with Crippen molar-refractivity contribution in [3.63, 3.8) is 0 Å². The molecule has 2 aliphatic heterocycles. The Bertz CT molecular complexity index is 425. The summed E-state index contributed by atoms with van der Waals surface area (Å²) in [6.45, 7) is -0.227. The van der Waals surface area contributed by atoms with Crippen molar-refractivity contribution in [2.24, 2.45) is 0 Å². The lowest BCUT2D eigenvalue weighted by molar-refractivity contribution is -0.147. The summed E-state index contributed by atoms with van der Waals surface area (Å²) in [6, 6.07) is -0.851. The smallest absolute Gasteiger partial charge is 0.376 e. The van der Waals surface area contributed by atoms with Crippen LogP contribution < -0.4 is 5.32 Å². The van der Waals surface area contributed by atoms with Gasteiger partial charge in [-0.3, -0.25) is 9.59 Å². The zero-order chi connectivity index (χ0) is 16.9. The first-order valence-electron chi connectivity index (χ1n) is 7.70. The average molecular weight is 338 g/mol. The van der Waals surface area contributed by atoms with Crippen LogP contribution in [0.3, 0.4) is 0 Å². The summed E-state index contributed by atoms with van der Waals surface area (Å²) in [6.07, 6.45) is -1.67. The predicted molar refractivity (Wildman–Crippen MR) is 73.6 cm³/mol. The van der Waals surface area contributed by atoms with Crippen molar-refractivity contribution >= 4 is 11.8 Å². The lowest BCUT2D eigenvalue weighted by Crippen LogP contribution is -2.49. The van der Waals surface area contributed by atoms with Crippen molar-refractivity contribution in [3.8, 4) is 0 Å². The van der Waals surface area contributed by atoms with Crippen LogP contribution in [0, 0.1) is 0 Å². The van der Waals surface area contributed by atoms with E-state index in [1.165, 1.54) is 4.90 Å². The van der Waals surface area contributed by atoms with Crippen LogP contribution in [0.4, 0.5) is 13.2 Å². The number of alkyl halides is 3. The van der Waals surface area contributed by atoms with E-state index in [0.29, 0.717) is 32.6 Å². The molecule has 132 valence electrons. The SMILES string of the molecule is O=C(NCC(F)(F)F)C1CCCN1C(=O)COCC1CCCO1. The van der Waals surface area contributed by atoms with Gasteiger partial charge in [-0.15, -0.1) is 0 Å². The number of carbonyl (C=O) groups is 2. The van der Waals surface area contributed by atoms with E-state index in [4.69, 9.17) is 9.47 Å². The van der Waals surface area contributed by atoms with E-state index in [-0.39, 0.29) is 18.6 Å². The molecule has 2 fully saturated rings. The Morgan fingerprint density at radius 1 is 1.26 bits per heavy atom. The number of likely N-dealkylation sites (tertiary alicyclic amines) is 1. The predicted octanol–water partition coefficient (Wildman–Crippen LogP) is 0.851. The van der Waals surface area contributed by atoms with Crippen LogP contribution in [0.2, 0.25) is 0 Å². The molecule has 2 atom stereocenters. The molecule has 2 saturated heterocycles. The normalized spacial score (nSPS) is 24.9. The average Bonchev–Trinajstić information content (AvgIpc) is 3.14. The quantitative estimate of drug-likeness (QED) is 0.780. The first-order valence-corrected chi connectivity index (χ1v) is 7.70. The van der Waals surface area contributed by atoms with Crippen LogP contribution in [-0.2, 0) is 19.1 Å². The summed E-state index contributed by atoms with van der Waals surface area (Å²) < 4.78 is 47.1. The fraction of sp³-hybridized carbons (Fsp3) is 0.857. The third-order valence-corrected chi connectivity index (χ3v) is 3.89. The second-order valence-electron chi connectivity index (χ2n) is 5.73. The van der Waals surface area contributed by atoms with Crippen LogP contribution >= 0.6 is 0 Å². The second kappa shape index (κ2) is 7.96. The summed E-state index contributed by atoms with van der Waals surface area (Å²) in [7, 11) is 0. The van der Waals surface area contributed by atoms with Crippen molar-refractivity contribution in [1.29, 1.82) is 0 Å². The molecular weight excluding hydrogens is 317 g/mol. The molecule has 2 rings (SSSR count). The van der Waals surface area contributed by atoms with Crippen molar-refractivity contribution < 1.29 is 32.2 Å². The molecule has 0 saturated carbocycles. The number of nitrogens with one attached hydrogen (secondary N) is 1. The Morgan fingerprint density at radius 3 is 2.70 bits per heavy atom. The maximum Gasteiger partial charge on any atom is 0.405 e. The zero-order valence-electron chi connectivity index (χ0n) is 12.7. The molecule has 0 spiro atoms. The first kappa shape index (κ1) is 18.0. The monoisotopic (exact) mass is 338 g/mol. The highest BCUT2D eigenvalue weighted by Gasteiger charge is 2.36. The van der Waals surface area contributed by atoms with Crippen molar-refractivity contribution in [2.75, 3.05) is 32.9 Å². The van der Waals surface area contributed by atoms with Crippen LogP contribution in [0.1, 0.15) is 25.7 Å². The molecule has 0 aromatic carbocycles. The summed E-state index contributed by atoms with van der Waals surface area (Å²) in [5.74, 6) is -1.15. The topological polar surface area (TPSA) is 67.9 Å². The van der Waals surface area contributed by atoms with Crippen LogP contribution in [0.25, 0.3) is 0 Å². The van der Waals surface area contributed by atoms with Crippen molar-refractivity contribution in [2.45, 2.75) is 44.0 Å². The molecule has 0 bridgehead atoms. The third-order valence-electron chi connectivity index (χ3n) is 3.89. The summed E-state index contributed by atoms with van der Waals surface area (Å²) in [5.41, 5.74) is 0. The van der Waals surface area contributed by atoms with E-state index >= 15 is 0 Å². The molecule has 2 unspecified atom stereocenters. The first-order chi connectivity index (χ1) is 10.9. The largest absolute Gasteiger partial charge is 0.405 e. The molecule has 1 N–H and O–H groups in total. The summed E-state index contributed by atoms with van der Waals surface area (Å²) in [4.78, 5) is 25.2. The highest BCUT2D eigenvalue weighted by Crippen LogP contribution is 2.19. The number of hydrogen-bond donors (Lipinski definition) is 1. The van der Waals surface area contributed by atoms with E-state index in [2.05, 4.69) is 0 Å². The number of nitrogens with zero attached hydrogens (tertiary/aromatic N) is 1. The Hall–Kier alpha value is -1.35. The molecule has 9 heteroatoms. The third kappa shape index (κ3) is 5.65. The Balaban J connectivity index is 1.75. The van der Waals surface area contributed by atoms with E-state index in [0.717, 1.165) is 12.8 Å². The van der Waals surface area contributed by atoms with Crippen LogP contribution in [0.15, 0.2) is 0 Å². The lowest BCUT2D eigenvalue weighted by Gasteiger charge is -2.24. The van der Waals surface area contributed by atoms with E-state index in [1.54, 1.807) is 0 Å². The Morgan fingerprint density at radius 2 is 2.04 bits per heavy atom. The Kier molecular flexibility index (Phi) is 6.23. The summed E-state index contributed by atoms with van der Waals surface area (Å²) in [5, 5.41) is 1.83. The fourth-order valence-electron chi connectivity index (χ4n) is 2.78. The molecule has 0 aromatic heterocycles. The minimum Gasteiger partial charge on any atom is -0.376 e. The van der Waals surface area contributed by atoms with Crippen LogP contribution in [0.5, 0.6) is 0 Å². The molecule has 23 heavy (non-hydrogen) atoms. The van der Waals surface area contributed by atoms with Gasteiger partial charge in [-0.2, -0.15) is 13.2 Å². The molecule has 2 heterocycles. The van der Waals surface area contributed by atoms with Gasteiger partial charge in [0.2, 0.25) is 11.8 Å². The lowest BCUT2D eigenvalue weighted by atomic mass is 10.2. The number of halogens is 3. The minimum absolute atomic E-state index is 0.00717. The Labute approximate surface area is 132 Å². The van der Waals surface area contributed by atoms with Gasteiger partial charge < -0.3 is 19.7 Å². The maximum atomic E-state index is 12.1. The highest BCUT2D eigenvalue weighted by molar-refractivity contribution is 5.88. The minimum atomic E-state index is -4.46. The van der Waals surface area contributed by atoms with Gasteiger partial charge in [0.05, 0.1) is 12.7 Å². The van der Waals surface area contributed by atoms with Crippen molar-refractivity contribution in [1.82, 2.24) is 10.2 Å². The van der Waals surface area contributed by atoms with Crippen molar-refractivity contribution in [3.05, 3.63) is 0 Å². The number of rotatable bonds is 6. The number of carbonyl (C=O) groups excluding carboxylic acids is 2. The van der Waals surface area contributed by atoms with E-state index < -0.39 is 24.7 Å². The zero-order valence-corrected chi connectivity index (χ0v) is 12.7. The van der Waals surface area contributed by atoms with Gasteiger partial charge in [0.25, 0.3) is 0 Å². The van der Waals surface area contributed by atoms with Gasteiger partial charge >= 0.3 is 6.18 Å². The van der Waals surface area contributed by atoms with Gasteiger partial charge in [-0.05, 0) is 25.7 Å². The maximum absolute atomic E-state index is 12.1. The highest BCUT2D eigenvalue weighted by atomic mass is 19.4. The second-order valence-corrected chi connectivity index (χ2v) is 5.73. The van der Waals surface area contributed by atoms with Gasteiger partial charge in [0.15, 0.2) is 0 Å². The number of amides is 2. The number of ether oxygens (including phenoxy) is 2. The fourth-order valence-corrected chi connectivity index (χ4v) is 2.78. The molecule has 6 nitrogen and oxygen atoms in total. The molecule has 0 aromatic rings. The number of hydrogen-bond acceptors (Lipinski definition) is 4.